The number of ether oxygens (including phenoxy) is 1. The van der Waals surface area contributed by atoms with Crippen LogP contribution >= 0.6 is 11.6 Å². The van der Waals surface area contributed by atoms with Crippen LogP contribution in [0.25, 0.3) is 0 Å². The highest BCUT2D eigenvalue weighted by atomic mass is 35.5. The molecule has 3 rings (SSSR count). The summed E-state index contributed by atoms with van der Waals surface area (Å²) in [5.74, 6) is 0. The highest BCUT2D eigenvalue weighted by Crippen LogP contribution is 2.40. The second-order valence-electron chi connectivity index (χ2n) is 5.94. The molecule has 1 aromatic rings. The van der Waals surface area contributed by atoms with E-state index in [4.69, 9.17) is 16.3 Å². The van der Waals surface area contributed by atoms with Crippen LogP contribution in [0.2, 0.25) is 5.02 Å². The molecule has 2 fully saturated rings. The summed E-state index contributed by atoms with van der Waals surface area (Å²) >= 11 is 6.02. The molecule has 1 N–H and O–H groups in total. The third-order valence-corrected chi connectivity index (χ3v) is 4.86. The summed E-state index contributed by atoms with van der Waals surface area (Å²) in [6.07, 6.45) is 6.90. The van der Waals surface area contributed by atoms with E-state index in [0.717, 1.165) is 24.7 Å². The van der Waals surface area contributed by atoms with E-state index in [9.17, 15) is 0 Å². The lowest BCUT2D eigenvalue weighted by Crippen LogP contribution is -2.50. The van der Waals surface area contributed by atoms with E-state index < -0.39 is 0 Å². The Bertz CT molecular complexity index is 407. The van der Waals surface area contributed by atoms with Gasteiger partial charge in [0.05, 0.1) is 12.7 Å². The van der Waals surface area contributed by atoms with Crippen molar-refractivity contribution in [3.05, 3.63) is 34.9 Å². The maximum absolute atomic E-state index is 6.11. The molecular weight excluding hydrogens is 258 g/mol. The van der Waals surface area contributed by atoms with Crippen molar-refractivity contribution in [2.75, 3.05) is 19.7 Å². The summed E-state index contributed by atoms with van der Waals surface area (Å²) < 4.78 is 6.11. The molecule has 0 aromatic heterocycles. The molecule has 0 spiro atoms. The summed E-state index contributed by atoms with van der Waals surface area (Å²) in [5.41, 5.74) is 1.63. The molecule has 104 valence electrons. The largest absolute Gasteiger partial charge is 0.375 e. The molecule has 1 saturated carbocycles. The second kappa shape index (κ2) is 5.82. The summed E-state index contributed by atoms with van der Waals surface area (Å²) in [5, 5.41) is 4.08. The van der Waals surface area contributed by atoms with Gasteiger partial charge in [0.1, 0.15) is 0 Å². The van der Waals surface area contributed by atoms with E-state index in [2.05, 4.69) is 17.4 Å². The molecule has 0 bridgehead atoms. The van der Waals surface area contributed by atoms with Crippen LogP contribution in [0.4, 0.5) is 0 Å². The highest BCUT2D eigenvalue weighted by Gasteiger charge is 2.35. The number of benzene rings is 1. The van der Waals surface area contributed by atoms with Gasteiger partial charge in [-0.1, -0.05) is 43.0 Å². The minimum absolute atomic E-state index is 0.221. The van der Waals surface area contributed by atoms with Crippen molar-refractivity contribution < 1.29 is 4.74 Å². The molecule has 3 heteroatoms. The molecule has 1 saturated heterocycles. The van der Waals surface area contributed by atoms with Crippen LogP contribution < -0.4 is 5.32 Å². The molecule has 19 heavy (non-hydrogen) atoms. The average molecular weight is 280 g/mol. The van der Waals surface area contributed by atoms with E-state index in [0.29, 0.717) is 6.10 Å². The Hall–Kier alpha value is -0.570. The molecule has 1 aliphatic carbocycles. The van der Waals surface area contributed by atoms with Crippen molar-refractivity contribution in [3.8, 4) is 0 Å². The van der Waals surface area contributed by atoms with Gasteiger partial charge in [-0.05, 0) is 30.5 Å². The molecule has 1 aliphatic heterocycles. The first kappa shape index (κ1) is 13.4. The van der Waals surface area contributed by atoms with Gasteiger partial charge in [0.25, 0.3) is 0 Å². The fraction of sp³-hybridized carbons (Fsp3) is 0.625. The molecule has 0 radical (unpaired) electrons. The van der Waals surface area contributed by atoms with Gasteiger partial charge in [0.2, 0.25) is 0 Å². The molecule has 0 amide bonds. The standard InChI is InChI=1S/C16H22ClNO/c17-14-6-4-13(5-7-14)16(8-2-1-3-9-16)12-19-15-10-18-11-15/h4-7,15,18H,1-3,8-12H2. The van der Waals surface area contributed by atoms with Crippen LogP contribution in [0, 0.1) is 0 Å². The Balaban J connectivity index is 1.76. The molecule has 2 nitrogen and oxygen atoms in total. The summed E-state index contributed by atoms with van der Waals surface area (Å²) in [6, 6.07) is 8.41. The average Bonchev–Trinajstić information content (AvgIpc) is 2.39. The smallest absolute Gasteiger partial charge is 0.0824 e. The second-order valence-corrected chi connectivity index (χ2v) is 6.38. The van der Waals surface area contributed by atoms with Crippen LogP contribution in [0.3, 0.4) is 0 Å². The van der Waals surface area contributed by atoms with Crippen LogP contribution in [-0.2, 0) is 10.2 Å². The molecule has 1 heterocycles. The van der Waals surface area contributed by atoms with Gasteiger partial charge in [-0.25, -0.2) is 0 Å². The quantitative estimate of drug-likeness (QED) is 0.910. The number of hydrogen-bond acceptors (Lipinski definition) is 2. The van der Waals surface area contributed by atoms with Crippen molar-refractivity contribution in [1.29, 1.82) is 0 Å². The van der Waals surface area contributed by atoms with Gasteiger partial charge in [-0.2, -0.15) is 0 Å². The number of hydrogen-bond donors (Lipinski definition) is 1. The van der Waals surface area contributed by atoms with Crippen LogP contribution in [0.15, 0.2) is 24.3 Å². The normalized spacial score (nSPS) is 23.0. The Kier molecular flexibility index (Phi) is 4.11. The predicted molar refractivity (Wildman–Crippen MR) is 78.8 cm³/mol. The van der Waals surface area contributed by atoms with Gasteiger partial charge in [0, 0.05) is 23.5 Å². The van der Waals surface area contributed by atoms with Gasteiger partial charge in [0.15, 0.2) is 0 Å². The monoisotopic (exact) mass is 279 g/mol. The van der Waals surface area contributed by atoms with Gasteiger partial charge >= 0.3 is 0 Å². The Morgan fingerprint density at radius 1 is 1.11 bits per heavy atom. The first-order chi connectivity index (χ1) is 9.28. The Morgan fingerprint density at radius 3 is 2.37 bits per heavy atom. The number of rotatable bonds is 4. The number of nitrogens with one attached hydrogen (secondary N) is 1. The minimum atomic E-state index is 0.221. The van der Waals surface area contributed by atoms with E-state index in [-0.39, 0.29) is 5.41 Å². The third-order valence-electron chi connectivity index (χ3n) is 4.61. The molecular formula is C16H22ClNO. The molecule has 0 unspecified atom stereocenters. The predicted octanol–water partition coefficient (Wildman–Crippen LogP) is 3.53. The highest BCUT2D eigenvalue weighted by molar-refractivity contribution is 6.30. The van der Waals surface area contributed by atoms with Gasteiger partial charge < -0.3 is 10.1 Å². The number of halogens is 1. The minimum Gasteiger partial charge on any atom is -0.375 e. The summed E-state index contributed by atoms with van der Waals surface area (Å²) in [6.45, 7) is 2.88. The van der Waals surface area contributed by atoms with Gasteiger partial charge in [-0.15, -0.1) is 0 Å². The van der Waals surface area contributed by atoms with E-state index in [1.807, 2.05) is 12.1 Å². The fourth-order valence-electron chi connectivity index (χ4n) is 3.21. The first-order valence-corrected chi connectivity index (χ1v) is 7.75. The SMILES string of the molecule is Clc1ccc(C2(COC3CNC3)CCCCC2)cc1. The zero-order valence-corrected chi connectivity index (χ0v) is 12.1. The summed E-state index contributed by atoms with van der Waals surface area (Å²) in [4.78, 5) is 0. The first-order valence-electron chi connectivity index (χ1n) is 7.37. The lowest BCUT2D eigenvalue weighted by molar-refractivity contribution is -0.0186. The van der Waals surface area contributed by atoms with Gasteiger partial charge in [-0.3, -0.25) is 0 Å². The molecule has 0 atom stereocenters. The maximum atomic E-state index is 6.11. The van der Waals surface area contributed by atoms with Crippen LogP contribution in [0.5, 0.6) is 0 Å². The van der Waals surface area contributed by atoms with Crippen molar-refractivity contribution in [2.24, 2.45) is 0 Å². The van der Waals surface area contributed by atoms with Crippen molar-refractivity contribution in [1.82, 2.24) is 5.32 Å². The van der Waals surface area contributed by atoms with Crippen molar-refractivity contribution >= 4 is 11.6 Å². The topological polar surface area (TPSA) is 21.3 Å². The van der Waals surface area contributed by atoms with Crippen molar-refractivity contribution in [3.63, 3.8) is 0 Å². The van der Waals surface area contributed by atoms with E-state index in [1.165, 1.54) is 37.7 Å². The molecule has 1 aromatic carbocycles. The summed E-state index contributed by atoms with van der Waals surface area (Å²) in [7, 11) is 0. The zero-order valence-electron chi connectivity index (χ0n) is 11.3. The molecule has 2 aliphatic rings. The lowest BCUT2D eigenvalue weighted by Gasteiger charge is -2.40. The fourth-order valence-corrected chi connectivity index (χ4v) is 3.33. The van der Waals surface area contributed by atoms with Crippen LogP contribution in [-0.4, -0.2) is 25.8 Å². The third kappa shape index (κ3) is 2.96. The Labute approximate surface area is 120 Å². The maximum Gasteiger partial charge on any atom is 0.0824 e. The van der Waals surface area contributed by atoms with E-state index >= 15 is 0 Å². The lowest BCUT2D eigenvalue weighted by atomic mass is 9.70. The zero-order chi connectivity index (χ0) is 13.1. The Morgan fingerprint density at radius 2 is 1.79 bits per heavy atom. The van der Waals surface area contributed by atoms with Crippen LogP contribution in [0.1, 0.15) is 37.7 Å². The van der Waals surface area contributed by atoms with Crippen molar-refractivity contribution in [2.45, 2.75) is 43.6 Å². The van der Waals surface area contributed by atoms with E-state index in [1.54, 1.807) is 0 Å².